The Morgan fingerprint density at radius 1 is 1.30 bits per heavy atom. The van der Waals surface area contributed by atoms with Gasteiger partial charge in [-0.3, -0.25) is 0 Å². The number of esters is 1. The van der Waals surface area contributed by atoms with E-state index in [0.29, 0.717) is 35.7 Å². The number of carbonyl (C=O) groups excluding carboxylic acids is 1. The predicted octanol–water partition coefficient (Wildman–Crippen LogP) is 3.60. The largest absolute Gasteiger partial charge is 0.462 e. The highest BCUT2D eigenvalue weighted by atomic mass is 16.5. The third kappa shape index (κ3) is 4.51. The Bertz CT molecular complexity index is 422. The fourth-order valence-corrected chi connectivity index (χ4v) is 2.38. The molecule has 0 radical (unpaired) electrons. The van der Waals surface area contributed by atoms with Crippen LogP contribution in [0.15, 0.2) is 18.3 Å². The molecule has 4 nitrogen and oxygen atoms in total. The lowest BCUT2D eigenvalue weighted by atomic mass is 9.85. The number of ether oxygens (including phenoxy) is 1. The lowest BCUT2D eigenvalue weighted by Crippen LogP contribution is -2.25. The lowest BCUT2D eigenvalue weighted by Gasteiger charge is -2.25. The van der Waals surface area contributed by atoms with Crippen molar-refractivity contribution in [2.75, 3.05) is 18.5 Å². The zero-order valence-corrected chi connectivity index (χ0v) is 13.1. The summed E-state index contributed by atoms with van der Waals surface area (Å²) in [6, 6.07) is 3.49. The highest BCUT2D eigenvalue weighted by Crippen LogP contribution is 2.22. The van der Waals surface area contributed by atoms with Crippen molar-refractivity contribution in [2.45, 2.75) is 34.6 Å². The van der Waals surface area contributed by atoms with Gasteiger partial charge in [0.2, 0.25) is 0 Å². The van der Waals surface area contributed by atoms with E-state index < -0.39 is 0 Å². The van der Waals surface area contributed by atoms with Crippen LogP contribution in [0.25, 0.3) is 0 Å². The number of anilines is 1. The van der Waals surface area contributed by atoms with Gasteiger partial charge >= 0.3 is 5.97 Å². The highest BCUT2D eigenvalue weighted by molar-refractivity contribution is 5.94. The zero-order valence-electron chi connectivity index (χ0n) is 13.1. The molecule has 112 valence electrons. The first kappa shape index (κ1) is 16.5. The Balaban J connectivity index is 2.79. The maximum Gasteiger partial charge on any atom is 0.341 e. The van der Waals surface area contributed by atoms with E-state index in [9.17, 15) is 4.79 Å². The molecule has 0 fully saturated rings. The molecule has 0 unspecified atom stereocenters. The number of carbonyl (C=O) groups is 1. The Hall–Kier alpha value is -1.58. The third-order valence-electron chi connectivity index (χ3n) is 3.52. The Morgan fingerprint density at radius 2 is 1.95 bits per heavy atom. The molecular weight excluding hydrogens is 252 g/mol. The van der Waals surface area contributed by atoms with E-state index in [1.54, 1.807) is 25.3 Å². The maximum atomic E-state index is 11.9. The summed E-state index contributed by atoms with van der Waals surface area (Å²) in [4.78, 5) is 16.1. The second-order valence-corrected chi connectivity index (χ2v) is 5.65. The quantitative estimate of drug-likeness (QED) is 0.774. The van der Waals surface area contributed by atoms with Gasteiger partial charge in [0, 0.05) is 12.7 Å². The van der Waals surface area contributed by atoms with Gasteiger partial charge in [0.15, 0.2) is 0 Å². The highest BCUT2D eigenvalue weighted by Gasteiger charge is 2.19. The molecule has 1 aromatic heterocycles. The van der Waals surface area contributed by atoms with E-state index in [4.69, 9.17) is 4.74 Å². The maximum absolute atomic E-state index is 11.9. The van der Waals surface area contributed by atoms with Gasteiger partial charge in [0.25, 0.3) is 0 Å². The summed E-state index contributed by atoms with van der Waals surface area (Å²) in [5.41, 5.74) is 0.501. The average Bonchev–Trinajstić information content (AvgIpc) is 2.38. The molecule has 0 saturated heterocycles. The molecule has 1 N–H and O–H groups in total. The van der Waals surface area contributed by atoms with Gasteiger partial charge in [-0.05, 0) is 36.8 Å². The van der Waals surface area contributed by atoms with Crippen LogP contribution in [-0.4, -0.2) is 24.1 Å². The van der Waals surface area contributed by atoms with Gasteiger partial charge in [-0.15, -0.1) is 0 Å². The van der Waals surface area contributed by atoms with E-state index in [1.165, 1.54) is 0 Å². The standard InChI is InChI=1S/C16H26N2O2/c1-6-20-16(19)13-8-7-9-17-15(13)18-10-14(11(2)3)12(4)5/h7-9,11-12,14H,6,10H2,1-5H3,(H,17,18). The number of rotatable bonds is 7. The van der Waals surface area contributed by atoms with Crippen molar-refractivity contribution in [1.82, 2.24) is 4.98 Å². The van der Waals surface area contributed by atoms with Crippen molar-refractivity contribution in [3.05, 3.63) is 23.9 Å². The van der Waals surface area contributed by atoms with E-state index in [2.05, 4.69) is 38.0 Å². The number of pyridine rings is 1. The van der Waals surface area contributed by atoms with Gasteiger partial charge in [-0.1, -0.05) is 27.7 Å². The molecule has 0 atom stereocenters. The topological polar surface area (TPSA) is 51.2 Å². The zero-order chi connectivity index (χ0) is 15.1. The fraction of sp³-hybridized carbons (Fsp3) is 0.625. The van der Waals surface area contributed by atoms with E-state index in [0.717, 1.165) is 6.54 Å². The molecule has 0 aliphatic carbocycles. The number of hydrogen-bond acceptors (Lipinski definition) is 4. The van der Waals surface area contributed by atoms with Crippen LogP contribution in [0.5, 0.6) is 0 Å². The van der Waals surface area contributed by atoms with E-state index in [1.807, 2.05) is 0 Å². The Morgan fingerprint density at radius 3 is 2.50 bits per heavy atom. The van der Waals surface area contributed by atoms with Crippen LogP contribution in [0.1, 0.15) is 45.0 Å². The van der Waals surface area contributed by atoms with Crippen LogP contribution < -0.4 is 5.32 Å². The number of nitrogens with zero attached hydrogens (tertiary/aromatic N) is 1. The summed E-state index contributed by atoms with van der Waals surface area (Å²) in [6.45, 7) is 11.9. The number of aromatic nitrogens is 1. The molecular formula is C16H26N2O2. The Labute approximate surface area is 121 Å². The molecule has 0 aliphatic rings. The molecule has 1 aromatic rings. The van der Waals surface area contributed by atoms with Crippen LogP contribution in [0, 0.1) is 17.8 Å². The SMILES string of the molecule is CCOC(=O)c1cccnc1NCC(C(C)C)C(C)C. The summed E-state index contributed by atoms with van der Waals surface area (Å²) in [7, 11) is 0. The van der Waals surface area contributed by atoms with Crippen molar-refractivity contribution in [2.24, 2.45) is 17.8 Å². The minimum absolute atomic E-state index is 0.325. The van der Waals surface area contributed by atoms with Crippen molar-refractivity contribution in [3.63, 3.8) is 0 Å². The Kier molecular flexibility index (Phi) is 6.49. The van der Waals surface area contributed by atoms with Crippen LogP contribution in [-0.2, 0) is 4.74 Å². The van der Waals surface area contributed by atoms with Gasteiger partial charge in [0.05, 0.1) is 6.61 Å². The second-order valence-electron chi connectivity index (χ2n) is 5.65. The monoisotopic (exact) mass is 278 g/mol. The third-order valence-corrected chi connectivity index (χ3v) is 3.52. The normalized spacial score (nSPS) is 11.2. The smallest absolute Gasteiger partial charge is 0.341 e. The molecule has 1 rings (SSSR count). The molecule has 0 aliphatic heterocycles. The van der Waals surface area contributed by atoms with Crippen LogP contribution >= 0.6 is 0 Å². The second kappa shape index (κ2) is 7.88. The average molecular weight is 278 g/mol. The van der Waals surface area contributed by atoms with Crippen molar-refractivity contribution in [3.8, 4) is 0 Å². The van der Waals surface area contributed by atoms with Crippen LogP contribution in [0.3, 0.4) is 0 Å². The summed E-state index contributed by atoms with van der Waals surface area (Å²) >= 11 is 0. The van der Waals surface area contributed by atoms with Crippen LogP contribution in [0.2, 0.25) is 0 Å². The van der Waals surface area contributed by atoms with Crippen molar-refractivity contribution >= 4 is 11.8 Å². The van der Waals surface area contributed by atoms with Crippen molar-refractivity contribution < 1.29 is 9.53 Å². The molecule has 4 heteroatoms. The fourth-order valence-electron chi connectivity index (χ4n) is 2.38. The van der Waals surface area contributed by atoms with Gasteiger partial charge in [-0.2, -0.15) is 0 Å². The first-order valence-corrected chi connectivity index (χ1v) is 7.33. The summed E-state index contributed by atoms with van der Waals surface area (Å²) in [6.07, 6.45) is 1.69. The van der Waals surface area contributed by atoms with Gasteiger partial charge in [-0.25, -0.2) is 9.78 Å². The summed E-state index contributed by atoms with van der Waals surface area (Å²) in [5.74, 6) is 1.98. The molecule has 20 heavy (non-hydrogen) atoms. The molecule has 0 amide bonds. The minimum Gasteiger partial charge on any atom is -0.462 e. The first-order chi connectivity index (χ1) is 9.47. The van der Waals surface area contributed by atoms with Gasteiger partial charge in [0.1, 0.15) is 11.4 Å². The number of nitrogens with one attached hydrogen (secondary N) is 1. The summed E-state index contributed by atoms with van der Waals surface area (Å²) in [5, 5.41) is 3.30. The predicted molar refractivity (Wildman–Crippen MR) is 81.8 cm³/mol. The number of hydrogen-bond donors (Lipinski definition) is 1. The molecule has 0 saturated carbocycles. The van der Waals surface area contributed by atoms with E-state index >= 15 is 0 Å². The lowest BCUT2D eigenvalue weighted by molar-refractivity contribution is 0.0527. The van der Waals surface area contributed by atoms with Gasteiger partial charge < -0.3 is 10.1 Å². The molecule has 0 bridgehead atoms. The first-order valence-electron chi connectivity index (χ1n) is 7.33. The van der Waals surface area contributed by atoms with Crippen LogP contribution in [0.4, 0.5) is 5.82 Å². The minimum atomic E-state index is -0.325. The van der Waals surface area contributed by atoms with E-state index in [-0.39, 0.29) is 5.97 Å². The summed E-state index contributed by atoms with van der Waals surface area (Å²) < 4.78 is 5.05. The molecule has 1 heterocycles. The van der Waals surface area contributed by atoms with Crippen molar-refractivity contribution in [1.29, 1.82) is 0 Å². The molecule has 0 spiro atoms. The molecule has 0 aromatic carbocycles.